The maximum Gasteiger partial charge on any atom is 0.164 e. The number of carbonyl (C=O) groups excluding carboxylic acids is 1. The van der Waals surface area contributed by atoms with E-state index in [1.807, 2.05) is 12.1 Å². The number of hydrogen-bond donors (Lipinski definition) is 0. The van der Waals surface area contributed by atoms with Crippen LogP contribution in [0.5, 0.6) is 0 Å². The van der Waals surface area contributed by atoms with Crippen LogP contribution in [-0.4, -0.2) is 30.3 Å². The van der Waals surface area contributed by atoms with Gasteiger partial charge in [0.2, 0.25) is 0 Å². The van der Waals surface area contributed by atoms with Crippen LogP contribution in [0.4, 0.5) is 0 Å². The van der Waals surface area contributed by atoms with Crippen molar-refractivity contribution >= 4 is 5.78 Å². The molecule has 0 bridgehead atoms. The van der Waals surface area contributed by atoms with E-state index in [9.17, 15) is 4.79 Å². The molecule has 0 aromatic heterocycles. The Hall–Kier alpha value is -1.15. The number of piperidine rings is 1. The molecule has 0 saturated carbocycles. The van der Waals surface area contributed by atoms with Gasteiger partial charge in [-0.05, 0) is 37.9 Å². The quantitative estimate of drug-likeness (QED) is 0.726. The average Bonchev–Trinajstić information content (AvgIpc) is 2.47. The Kier molecular flexibility index (Phi) is 5.59. The topological polar surface area (TPSA) is 20.3 Å². The summed E-state index contributed by atoms with van der Waals surface area (Å²) in [5.41, 5.74) is 2.20. The summed E-state index contributed by atoms with van der Waals surface area (Å²) in [6.45, 7) is 5.44. The number of benzene rings is 1. The van der Waals surface area contributed by atoms with Crippen LogP contribution < -0.4 is 0 Å². The van der Waals surface area contributed by atoms with E-state index < -0.39 is 0 Å². The van der Waals surface area contributed by atoms with Gasteiger partial charge in [-0.25, -0.2) is 0 Å². The maximum absolute atomic E-state index is 12.1. The lowest BCUT2D eigenvalue weighted by Gasteiger charge is -2.25. The van der Waals surface area contributed by atoms with Gasteiger partial charge in [-0.15, -0.1) is 0 Å². The first kappa shape index (κ1) is 14.3. The smallest absolute Gasteiger partial charge is 0.164 e. The van der Waals surface area contributed by atoms with Gasteiger partial charge >= 0.3 is 0 Å². The van der Waals surface area contributed by atoms with Crippen molar-refractivity contribution in [3.8, 4) is 0 Å². The average molecular weight is 259 g/mol. The Labute approximate surface area is 116 Å². The first-order valence-electron chi connectivity index (χ1n) is 7.64. The number of Topliss-reactive ketones (excluding diaryl/α,β-unsaturated/α-hetero) is 1. The van der Waals surface area contributed by atoms with Crippen LogP contribution in [0.15, 0.2) is 24.3 Å². The van der Waals surface area contributed by atoms with Crippen molar-refractivity contribution in [1.82, 2.24) is 4.90 Å². The van der Waals surface area contributed by atoms with Crippen LogP contribution in [0.2, 0.25) is 0 Å². The summed E-state index contributed by atoms with van der Waals surface area (Å²) in [5.74, 6) is 0.286. The van der Waals surface area contributed by atoms with Crippen LogP contribution in [0, 0.1) is 0 Å². The molecule has 2 rings (SSSR count). The largest absolute Gasteiger partial charge is 0.303 e. The number of hydrogen-bond acceptors (Lipinski definition) is 2. The normalized spacial score (nSPS) is 16.5. The molecule has 1 heterocycles. The van der Waals surface area contributed by atoms with Crippen molar-refractivity contribution < 1.29 is 4.79 Å². The molecular weight excluding hydrogens is 234 g/mol. The molecule has 2 heteroatoms. The minimum absolute atomic E-state index is 0.286. The first-order valence-corrected chi connectivity index (χ1v) is 7.64. The molecule has 0 amide bonds. The molecule has 0 N–H and O–H groups in total. The van der Waals surface area contributed by atoms with Gasteiger partial charge in [-0.1, -0.05) is 44.0 Å². The zero-order chi connectivity index (χ0) is 13.5. The van der Waals surface area contributed by atoms with Gasteiger partial charge in [0.1, 0.15) is 0 Å². The number of aryl methyl sites for hydroxylation is 1. The zero-order valence-corrected chi connectivity index (χ0v) is 12.0. The van der Waals surface area contributed by atoms with Gasteiger partial charge in [0.05, 0.1) is 0 Å². The number of nitrogens with zero attached hydrogens (tertiary/aromatic N) is 1. The number of ketones is 1. The summed E-state index contributed by atoms with van der Waals surface area (Å²) in [7, 11) is 0. The Morgan fingerprint density at radius 2 is 1.79 bits per heavy atom. The molecule has 0 atom stereocenters. The fourth-order valence-corrected chi connectivity index (χ4v) is 2.73. The summed E-state index contributed by atoms with van der Waals surface area (Å²) in [4.78, 5) is 14.6. The predicted octanol–water partition coefficient (Wildman–Crippen LogP) is 3.70. The molecule has 1 aromatic carbocycles. The third kappa shape index (κ3) is 4.46. The highest BCUT2D eigenvalue weighted by atomic mass is 16.1. The second kappa shape index (κ2) is 7.44. The monoisotopic (exact) mass is 259 g/mol. The van der Waals surface area contributed by atoms with Gasteiger partial charge in [-0.2, -0.15) is 0 Å². The van der Waals surface area contributed by atoms with Crippen LogP contribution in [0.25, 0.3) is 0 Å². The Morgan fingerprint density at radius 3 is 2.42 bits per heavy atom. The maximum atomic E-state index is 12.1. The van der Waals surface area contributed by atoms with Crippen molar-refractivity contribution in [1.29, 1.82) is 0 Å². The van der Waals surface area contributed by atoms with Gasteiger partial charge in [-0.3, -0.25) is 4.79 Å². The van der Waals surface area contributed by atoms with Gasteiger partial charge in [0.15, 0.2) is 5.78 Å². The molecule has 0 aliphatic carbocycles. The van der Waals surface area contributed by atoms with E-state index in [4.69, 9.17) is 0 Å². The van der Waals surface area contributed by atoms with E-state index in [0.717, 1.165) is 24.9 Å². The summed E-state index contributed by atoms with van der Waals surface area (Å²) < 4.78 is 0. The summed E-state index contributed by atoms with van der Waals surface area (Å²) >= 11 is 0. The molecule has 1 aliphatic heterocycles. The Bertz CT molecular complexity index is 390. The fourth-order valence-electron chi connectivity index (χ4n) is 2.73. The van der Waals surface area contributed by atoms with Gasteiger partial charge in [0, 0.05) is 18.5 Å². The third-order valence-corrected chi connectivity index (χ3v) is 3.92. The van der Waals surface area contributed by atoms with Gasteiger partial charge in [0.25, 0.3) is 0 Å². The Balaban J connectivity index is 1.81. The molecule has 2 nitrogen and oxygen atoms in total. The highest BCUT2D eigenvalue weighted by molar-refractivity contribution is 5.96. The predicted molar refractivity (Wildman–Crippen MR) is 79.7 cm³/mol. The summed E-state index contributed by atoms with van der Waals surface area (Å²) in [5, 5.41) is 0. The van der Waals surface area contributed by atoms with Crippen LogP contribution >= 0.6 is 0 Å². The van der Waals surface area contributed by atoms with Crippen LogP contribution in [0.3, 0.4) is 0 Å². The molecule has 0 unspecified atom stereocenters. The van der Waals surface area contributed by atoms with Crippen LogP contribution in [0.1, 0.15) is 54.9 Å². The molecule has 0 spiro atoms. The summed E-state index contributed by atoms with van der Waals surface area (Å²) in [6.07, 6.45) is 6.85. The second-order valence-corrected chi connectivity index (χ2v) is 5.52. The van der Waals surface area contributed by atoms with Crippen molar-refractivity contribution in [2.75, 3.05) is 19.6 Å². The van der Waals surface area contributed by atoms with Crippen molar-refractivity contribution in [2.45, 2.75) is 45.4 Å². The van der Waals surface area contributed by atoms with E-state index in [2.05, 4.69) is 24.0 Å². The third-order valence-electron chi connectivity index (χ3n) is 3.92. The second-order valence-electron chi connectivity index (χ2n) is 5.52. The molecule has 1 fully saturated rings. The van der Waals surface area contributed by atoms with E-state index in [1.54, 1.807) is 0 Å². The zero-order valence-electron chi connectivity index (χ0n) is 12.0. The Morgan fingerprint density at radius 1 is 1.11 bits per heavy atom. The molecule has 1 saturated heterocycles. The van der Waals surface area contributed by atoms with E-state index in [-0.39, 0.29) is 5.78 Å². The first-order chi connectivity index (χ1) is 9.29. The molecule has 104 valence electrons. The van der Waals surface area contributed by atoms with Gasteiger partial charge < -0.3 is 4.90 Å². The van der Waals surface area contributed by atoms with Crippen molar-refractivity contribution in [3.63, 3.8) is 0 Å². The highest BCUT2D eigenvalue weighted by Gasteiger charge is 2.12. The SMILES string of the molecule is CCCc1ccc(C(=O)CCN2CCCCC2)cc1. The molecular formula is C17H25NO. The lowest BCUT2D eigenvalue weighted by atomic mass is 10.0. The van der Waals surface area contributed by atoms with E-state index in [0.29, 0.717) is 6.42 Å². The van der Waals surface area contributed by atoms with E-state index in [1.165, 1.54) is 37.9 Å². The lowest BCUT2D eigenvalue weighted by Crippen LogP contribution is -2.31. The fraction of sp³-hybridized carbons (Fsp3) is 0.588. The molecule has 19 heavy (non-hydrogen) atoms. The molecule has 1 aliphatic rings. The molecule has 0 radical (unpaired) electrons. The minimum atomic E-state index is 0.286. The molecule has 1 aromatic rings. The number of rotatable bonds is 6. The summed E-state index contributed by atoms with van der Waals surface area (Å²) in [6, 6.07) is 8.17. The lowest BCUT2D eigenvalue weighted by molar-refractivity contribution is 0.0958. The minimum Gasteiger partial charge on any atom is -0.303 e. The van der Waals surface area contributed by atoms with E-state index >= 15 is 0 Å². The standard InChI is InChI=1S/C17H25NO/c1-2-6-15-7-9-16(10-8-15)17(19)11-14-18-12-4-3-5-13-18/h7-10H,2-6,11-14H2,1H3. The number of carbonyl (C=O) groups is 1. The number of likely N-dealkylation sites (tertiary alicyclic amines) is 1. The highest BCUT2D eigenvalue weighted by Crippen LogP contribution is 2.12. The van der Waals surface area contributed by atoms with Crippen molar-refractivity contribution in [2.24, 2.45) is 0 Å². The van der Waals surface area contributed by atoms with Crippen molar-refractivity contribution in [3.05, 3.63) is 35.4 Å². The van der Waals surface area contributed by atoms with Crippen LogP contribution in [-0.2, 0) is 6.42 Å².